The molecule has 39 heavy (non-hydrogen) atoms. The monoisotopic (exact) mass is 525 g/mol. The number of anilines is 1. The Hall–Kier alpha value is -4.37. The van der Waals surface area contributed by atoms with Gasteiger partial charge in [0.05, 0.1) is 11.6 Å². The van der Waals surface area contributed by atoms with Crippen molar-refractivity contribution in [2.24, 2.45) is 0 Å². The number of aryl methyl sites for hydroxylation is 1. The molecule has 5 rings (SSSR count). The molecule has 0 spiro atoms. The third-order valence-corrected chi connectivity index (χ3v) is 6.95. The summed E-state index contributed by atoms with van der Waals surface area (Å²) in [6.07, 6.45) is 1.79. The average molecular weight is 526 g/mol. The summed E-state index contributed by atoms with van der Waals surface area (Å²) < 4.78 is 7.23. The number of para-hydroxylation sites is 1. The zero-order valence-electron chi connectivity index (χ0n) is 22.0. The zero-order valence-corrected chi connectivity index (χ0v) is 22.0. The Labute approximate surface area is 226 Å². The van der Waals surface area contributed by atoms with Crippen LogP contribution in [0.4, 0.5) is 5.69 Å². The Balaban J connectivity index is 1.54. The topological polar surface area (TPSA) is 106 Å². The summed E-state index contributed by atoms with van der Waals surface area (Å²) >= 11 is 0. The van der Waals surface area contributed by atoms with Crippen LogP contribution in [0.3, 0.4) is 0 Å². The molecule has 9 nitrogen and oxygen atoms in total. The highest BCUT2D eigenvalue weighted by Gasteiger charge is 2.34. The number of nitrogens with one attached hydrogen (secondary N) is 1. The van der Waals surface area contributed by atoms with Crippen LogP contribution in [0, 0.1) is 6.92 Å². The molecule has 0 radical (unpaired) electrons. The Morgan fingerprint density at radius 1 is 1.05 bits per heavy atom. The molecule has 2 heterocycles. The number of nitrogens with zero attached hydrogens (tertiary/aromatic N) is 4. The smallest absolute Gasteiger partial charge is 0.249 e. The van der Waals surface area contributed by atoms with E-state index in [-0.39, 0.29) is 30.2 Å². The summed E-state index contributed by atoms with van der Waals surface area (Å²) in [7, 11) is 0. The predicted octanol–water partition coefficient (Wildman–Crippen LogP) is 4.01. The fourth-order valence-electron chi connectivity index (χ4n) is 4.82. The largest absolute Gasteiger partial charge is 0.376 e. The van der Waals surface area contributed by atoms with Gasteiger partial charge in [0.25, 0.3) is 0 Å². The lowest BCUT2D eigenvalue weighted by molar-refractivity contribution is -0.127. The zero-order chi connectivity index (χ0) is 27.4. The van der Waals surface area contributed by atoms with E-state index in [1.54, 1.807) is 24.3 Å². The number of aromatic nitrogens is 3. The molecule has 0 aliphatic carbocycles. The molecular formula is C30H31N5O4. The summed E-state index contributed by atoms with van der Waals surface area (Å²) in [5, 5.41) is 11.4. The maximum atomic E-state index is 14.1. The molecule has 0 saturated carbocycles. The van der Waals surface area contributed by atoms with E-state index < -0.39 is 6.04 Å². The Morgan fingerprint density at radius 2 is 1.79 bits per heavy atom. The van der Waals surface area contributed by atoms with Crippen LogP contribution < -0.4 is 10.2 Å². The molecule has 2 atom stereocenters. The minimum Gasteiger partial charge on any atom is -0.376 e. The van der Waals surface area contributed by atoms with E-state index in [0.717, 1.165) is 18.4 Å². The number of carbonyl (C=O) groups excluding carboxylic acids is 3. The molecular weight excluding hydrogens is 494 g/mol. The third kappa shape index (κ3) is 5.88. The van der Waals surface area contributed by atoms with E-state index in [1.165, 1.54) is 16.5 Å². The first kappa shape index (κ1) is 26.2. The first-order valence-corrected chi connectivity index (χ1v) is 13.1. The number of hydrogen-bond acceptors (Lipinski definition) is 6. The van der Waals surface area contributed by atoms with Crippen molar-refractivity contribution in [3.05, 3.63) is 89.5 Å². The maximum absolute atomic E-state index is 14.1. The molecule has 4 aromatic rings. The molecule has 0 bridgehead atoms. The van der Waals surface area contributed by atoms with Crippen molar-refractivity contribution in [2.45, 2.75) is 45.4 Å². The molecule has 1 saturated heterocycles. The lowest BCUT2D eigenvalue weighted by atomic mass is 10.0. The van der Waals surface area contributed by atoms with E-state index in [0.29, 0.717) is 41.0 Å². The number of carbonyl (C=O) groups is 3. The molecule has 1 aliphatic heterocycles. The van der Waals surface area contributed by atoms with Crippen LogP contribution in [0.1, 0.15) is 47.3 Å². The van der Waals surface area contributed by atoms with Gasteiger partial charge in [0, 0.05) is 24.4 Å². The summed E-state index contributed by atoms with van der Waals surface area (Å²) in [5.41, 5.74) is 4.10. The standard InChI is InChI=1S/C30H31N5O4/c1-20-9-11-23(12-10-20)29(30(38)31-18-25-6-5-17-39-25)35(24-15-13-22(14-16-24)21(2)36)28(37)19-34-27-8-4-3-7-26(27)32-33-34/h3-4,7-16,25,29H,5-6,17-19H2,1-2H3,(H,31,38). The van der Waals surface area contributed by atoms with Crippen LogP contribution in [0.2, 0.25) is 0 Å². The van der Waals surface area contributed by atoms with Gasteiger partial charge < -0.3 is 10.1 Å². The lowest BCUT2D eigenvalue weighted by Crippen LogP contribution is -2.46. The molecule has 200 valence electrons. The minimum absolute atomic E-state index is 0.0480. The number of rotatable bonds is 9. The van der Waals surface area contributed by atoms with Gasteiger partial charge in [0.1, 0.15) is 18.1 Å². The highest BCUT2D eigenvalue weighted by Crippen LogP contribution is 2.30. The highest BCUT2D eigenvalue weighted by molar-refractivity contribution is 6.02. The summed E-state index contributed by atoms with van der Waals surface area (Å²) in [6, 6.07) is 20.7. The van der Waals surface area contributed by atoms with Gasteiger partial charge in [-0.15, -0.1) is 5.10 Å². The molecule has 3 aromatic carbocycles. The number of Topliss-reactive ketones (excluding diaryl/α,β-unsaturated/α-hetero) is 1. The van der Waals surface area contributed by atoms with Gasteiger partial charge in [0.2, 0.25) is 11.8 Å². The maximum Gasteiger partial charge on any atom is 0.249 e. The van der Waals surface area contributed by atoms with Crippen molar-refractivity contribution >= 4 is 34.3 Å². The van der Waals surface area contributed by atoms with Crippen LogP contribution in [0.5, 0.6) is 0 Å². The fraction of sp³-hybridized carbons (Fsp3) is 0.300. The number of fused-ring (bicyclic) bond motifs is 1. The Kier molecular flexibility index (Phi) is 7.79. The predicted molar refractivity (Wildman–Crippen MR) is 147 cm³/mol. The van der Waals surface area contributed by atoms with Gasteiger partial charge in [-0.2, -0.15) is 0 Å². The van der Waals surface area contributed by atoms with Gasteiger partial charge in [-0.25, -0.2) is 4.68 Å². The number of ketones is 1. The molecule has 2 unspecified atom stereocenters. The number of benzene rings is 3. The fourth-order valence-corrected chi connectivity index (χ4v) is 4.82. The van der Waals surface area contributed by atoms with Gasteiger partial charge in [-0.1, -0.05) is 47.2 Å². The minimum atomic E-state index is -0.961. The molecule has 1 aromatic heterocycles. The van der Waals surface area contributed by atoms with Crippen molar-refractivity contribution in [3.8, 4) is 0 Å². The van der Waals surface area contributed by atoms with Gasteiger partial charge in [-0.3, -0.25) is 19.3 Å². The van der Waals surface area contributed by atoms with Crippen LogP contribution >= 0.6 is 0 Å². The van der Waals surface area contributed by atoms with Gasteiger partial charge in [-0.05, 0) is 68.7 Å². The summed E-state index contributed by atoms with van der Waals surface area (Å²) in [6.45, 7) is 4.37. The first-order chi connectivity index (χ1) is 18.9. The van der Waals surface area contributed by atoms with Gasteiger partial charge in [0.15, 0.2) is 5.78 Å². The summed E-state index contributed by atoms with van der Waals surface area (Å²) in [5.74, 6) is -0.751. The van der Waals surface area contributed by atoms with Crippen LogP contribution in [-0.2, 0) is 20.9 Å². The first-order valence-electron chi connectivity index (χ1n) is 13.1. The number of amides is 2. The molecule has 1 aliphatic rings. The van der Waals surface area contributed by atoms with E-state index in [2.05, 4.69) is 15.6 Å². The normalized spacial score (nSPS) is 15.7. The molecule has 2 amide bonds. The average Bonchev–Trinajstić information content (AvgIpc) is 3.61. The van der Waals surface area contributed by atoms with E-state index >= 15 is 0 Å². The van der Waals surface area contributed by atoms with Crippen LogP contribution in [-0.4, -0.2) is 51.8 Å². The van der Waals surface area contributed by atoms with E-state index in [1.807, 2.05) is 55.5 Å². The Morgan fingerprint density at radius 3 is 2.49 bits per heavy atom. The van der Waals surface area contributed by atoms with Crippen molar-refractivity contribution in [1.82, 2.24) is 20.3 Å². The van der Waals surface area contributed by atoms with Gasteiger partial charge >= 0.3 is 0 Å². The highest BCUT2D eigenvalue weighted by atomic mass is 16.5. The van der Waals surface area contributed by atoms with E-state index in [4.69, 9.17) is 4.74 Å². The second-order valence-electron chi connectivity index (χ2n) is 9.80. The molecule has 9 heteroatoms. The molecule has 1 N–H and O–H groups in total. The number of ether oxygens (including phenoxy) is 1. The van der Waals surface area contributed by atoms with Crippen molar-refractivity contribution in [2.75, 3.05) is 18.1 Å². The number of hydrogen-bond donors (Lipinski definition) is 1. The third-order valence-electron chi connectivity index (χ3n) is 6.95. The second kappa shape index (κ2) is 11.6. The molecule has 1 fully saturated rings. The Bertz CT molecular complexity index is 1470. The summed E-state index contributed by atoms with van der Waals surface area (Å²) in [4.78, 5) is 41.3. The van der Waals surface area contributed by atoms with Crippen LogP contribution in [0.15, 0.2) is 72.8 Å². The second-order valence-corrected chi connectivity index (χ2v) is 9.80. The van der Waals surface area contributed by atoms with Crippen molar-refractivity contribution in [3.63, 3.8) is 0 Å². The lowest BCUT2D eigenvalue weighted by Gasteiger charge is -2.32. The van der Waals surface area contributed by atoms with Crippen LogP contribution in [0.25, 0.3) is 11.0 Å². The van der Waals surface area contributed by atoms with E-state index in [9.17, 15) is 14.4 Å². The van der Waals surface area contributed by atoms with Crippen molar-refractivity contribution < 1.29 is 19.1 Å². The van der Waals surface area contributed by atoms with Crippen molar-refractivity contribution in [1.29, 1.82) is 0 Å². The SMILES string of the molecule is CC(=O)c1ccc(N(C(=O)Cn2nnc3ccccc32)C(C(=O)NCC2CCCO2)c2ccc(C)cc2)cc1. The quantitative estimate of drug-likeness (QED) is 0.331.